The third-order valence-corrected chi connectivity index (χ3v) is 0.833. The smallest absolute Gasteiger partial charge is 0.167 e. The maximum absolute atomic E-state index is 8.01. The zero-order valence-corrected chi connectivity index (χ0v) is 4.32. The second-order valence-corrected chi connectivity index (χ2v) is 1.64. The summed E-state index contributed by atoms with van der Waals surface area (Å²) in [5, 5.41) is 16.0. The van der Waals surface area contributed by atoms with E-state index in [0.29, 0.717) is 0 Å². The van der Waals surface area contributed by atoms with Crippen molar-refractivity contribution in [2.24, 2.45) is 0 Å². The monoisotopic (exact) mass is 130 g/mol. The predicted molar refractivity (Wildman–Crippen MR) is 23.7 cm³/mol. The Morgan fingerprint density at radius 1 is 1.00 bits per heavy atom. The lowest BCUT2D eigenvalue weighted by Crippen LogP contribution is -2.11. The van der Waals surface area contributed by atoms with Crippen LogP contribution in [0.15, 0.2) is 0 Å². The van der Waals surface area contributed by atoms with Gasteiger partial charge in [-0.25, -0.2) is 0 Å². The van der Waals surface area contributed by atoms with Gasteiger partial charge in [0.1, 0.15) is 0 Å². The molecule has 4 heteroatoms. The van der Waals surface area contributed by atoms with Gasteiger partial charge in [-0.15, -0.1) is 0 Å². The van der Waals surface area contributed by atoms with Crippen LogP contribution in [0.2, 0.25) is 0 Å². The Morgan fingerprint density at radius 3 is 1.17 bits per heavy atom. The average molecular weight is 131 g/mol. The Morgan fingerprint density at radius 2 is 1.17 bits per heavy atom. The largest absolute Gasteiger partial charge is 0.374 e. The number of halogens is 2. The number of aliphatic hydroxyl groups is 2. The van der Waals surface area contributed by atoms with E-state index in [4.69, 9.17) is 33.4 Å². The van der Waals surface area contributed by atoms with Gasteiger partial charge in [0.15, 0.2) is 11.1 Å². The maximum atomic E-state index is 8.01. The Balaban J connectivity index is 2.99. The lowest BCUT2D eigenvalue weighted by molar-refractivity contribution is 0.125. The highest BCUT2D eigenvalue weighted by atomic mass is 35.5. The molecule has 2 atom stereocenters. The summed E-state index contributed by atoms with van der Waals surface area (Å²) < 4.78 is 0. The highest BCUT2D eigenvalue weighted by Gasteiger charge is 2.05. The van der Waals surface area contributed by atoms with Crippen molar-refractivity contribution in [3.63, 3.8) is 0 Å². The van der Waals surface area contributed by atoms with Crippen LogP contribution in [0.25, 0.3) is 0 Å². The SMILES string of the molecule is OC(Cl)C(O)Cl. The van der Waals surface area contributed by atoms with Crippen LogP contribution >= 0.6 is 23.2 Å². The molecule has 2 unspecified atom stereocenters. The van der Waals surface area contributed by atoms with E-state index in [1.54, 1.807) is 0 Å². The normalized spacial score (nSPS) is 20.0. The number of rotatable bonds is 1. The summed E-state index contributed by atoms with van der Waals surface area (Å²) in [7, 11) is 0. The van der Waals surface area contributed by atoms with Gasteiger partial charge >= 0.3 is 0 Å². The van der Waals surface area contributed by atoms with E-state index in [1.165, 1.54) is 0 Å². The van der Waals surface area contributed by atoms with E-state index in [0.717, 1.165) is 0 Å². The molecule has 0 spiro atoms. The number of alkyl halides is 2. The van der Waals surface area contributed by atoms with E-state index in [9.17, 15) is 0 Å². The van der Waals surface area contributed by atoms with E-state index < -0.39 is 11.1 Å². The summed E-state index contributed by atoms with van der Waals surface area (Å²) in [5.74, 6) is 0. The van der Waals surface area contributed by atoms with E-state index >= 15 is 0 Å². The predicted octanol–water partition coefficient (Wildman–Crippen LogP) is 0.101. The summed E-state index contributed by atoms with van der Waals surface area (Å²) in [6.45, 7) is 0. The number of aliphatic hydroxyl groups excluding tert-OH is 2. The summed E-state index contributed by atoms with van der Waals surface area (Å²) in [4.78, 5) is 0. The second kappa shape index (κ2) is 2.64. The fourth-order valence-electron chi connectivity index (χ4n) is 0. The Kier molecular flexibility index (Phi) is 2.86. The van der Waals surface area contributed by atoms with Crippen LogP contribution in [0.4, 0.5) is 0 Å². The van der Waals surface area contributed by atoms with Crippen molar-refractivity contribution in [2.45, 2.75) is 11.1 Å². The molecule has 0 saturated carbocycles. The van der Waals surface area contributed by atoms with E-state index in [1.807, 2.05) is 0 Å². The number of hydrogen-bond acceptors (Lipinski definition) is 2. The van der Waals surface area contributed by atoms with Crippen molar-refractivity contribution < 1.29 is 10.2 Å². The topological polar surface area (TPSA) is 40.5 Å². The molecule has 2 N–H and O–H groups in total. The van der Waals surface area contributed by atoms with Crippen LogP contribution < -0.4 is 0 Å². The first-order valence-electron chi connectivity index (χ1n) is 1.29. The van der Waals surface area contributed by atoms with Gasteiger partial charge in [0.2, 0.25) is 0 Å². The molecule has 0 heterocycles. The zero-order valence-electron chi connectivity index (χ0n) is 2.81. The molecular weight excluding hydrogens is 127 g/mol. The summed E-state index contributed by atoms with van der Waals surface area (Å²) in [6, 6.07) is 0. The third kappa shape index (κ3) is 2.72. The van der Waals surface area contributed by atoms with Gasteiger partial charge < -0.3 is 10.2 Å². The highest BCUT2D eigenvalue weighted by molar-refractivity contribution is 6.28. The molecule has 0 aliphatic carbocycles. The lowest BCUT2D eigenvalue weighted by atomic mass is 10.8. The quantitative estimate of drug-likeness (QED) is 0.495. The summed E-state index contributed by atoms with van der Waals surface area (Å²) in [6.07, 6.45) is 0. The van der Waals surface area contributed by atoms with E-state index in [-0.39, 0.29) is 0 Å². The van der Waals surface area contributed by atoms with Crippen LogP contribution in [-0.4, -0.2) is 21.3 Å². The Labute approximate surface area is 45.3 Å². The zero-order chi connectivity index (χ0) is 5.15. The minimum Gasteiger partial charge on any atom is -0.374 e. The van der Waals surface area contributed by atoms with Crippen molar-refractivity contribution in [2.75, 3.05) is 0 Å². The molecule has 0 aliphatic rings. The van der Waals surface area contributed by atoms with Crippen molar-refractivity contribution in [1.29, 1.82) is 0 Å². The molecule has 0 saturated heterocycles. The molecule has 0 aromatic carbocycles. The minimum atomic E-state index is -1.35. The highest BCUT2D eigenvalue weighted by Crippen LogP contribution is 2.00. The molecular formula is C2H4Cl2O2. The van der Waals surface area contributed by atoms with Gasteiger partial charge in [-0.2, -0.15) is 0 Å². The van der Waals surface area contributed by atoms with Gasteiger partial charge in [0.05, 0.1) is 0 Å². The third-order valence-electron chi connectivity index (χ3n) is 0.227. The maximum Gasteiger partial charge on any atom is 0.167 e. The fourth-order valence-corrected chi connectivity index (χ4v) is 0. The minimum absolute atomic E-state index is 1.35. The van der Waals surface area contributed by atoms with Crippen LogP contribution in [0, 0.1) is 0 Å². The molecule has 0 fully saturated rings. The van der Waals surface area contributed by atoms with Gasteiger partial charge in [0.25, 0.3) is 0 Å². The second-order valence-electron chi connectivity index (χ2n) is 0.745. The molecule has 0 bridgehead atoms. The first-order valence-corrected chi connectivity index (χ1v) is 2.16. The molecule has 0 aliphatic heterocycles. The Hall–Kier alpha value is 0.500. The standard InChI is InChI=1S/C2H4Cl2O2/c3-1(5)2(4)6/h1-2,5-6H. The molecule has 0 aromatic rings. The van der Waals surface area contributed by atoms with Gasteiger partial charge in [-0.05, 0) is 0 Å². The van der Waals surface area contributed by atoms with Crippen molar-refractivity contribution in [1.82, 2.24) is 0 Å². The molecule has 2 nitrogen and oxygen atoms in total. The van der Waals surface area contributed by atoms with Gasteiger partial charge in [0, 0.05) is 0 Å². The van der Waals surface area contributed by atoms with E-state index in [2.05, 4.69) is 0 Å². The molecule has 0 rings (SSSR count). The lowest BCUT2D eigenvalue weighted by Gasteiger charge is -1.98. The molecule has 0 aromatic heterocycles. The first kappa shape index (κ1) is 6.50. The van der Waals surface area contributed by atoms with Crippen LogP contribution in [0.3, 0.4) is 0 Å². The molecule has 6 heavy (non-hydrogen) atoms. The first-order chi connectivity index (χ1) is 2.64. The molecule has 0 amide bonds. The van der Waals surface area contributed by atoms with Crippen molar-refractivity contribution >= 4 is 23.2 Å². The van der Waals surface area contributed by atoms with Gasteiger partial charge in [-0.1, -0.05) is 23.2 Å². The van der Waals surface area contributed by atoms with Crippen LogP contribution in [0.5, 0.6) is 0 Å². The summed E-state index contributed by atoms with van der Waals surface area (Å²) >= 11 is 9.57. The fraction of sp³-hybridized carbons (Fsp3) is 1.00. The van der Waals surface area contributed by atoms with Crippen LogP contribution in [-0.2, 0) is 0 Å². The van der Waals surface area contributed by atoms with Crippen molar-refractivity contribution in [3.05, 3.63) is 0 Å². The molecule has 38 valence electrons. The summed E-state index contributed by atoms with van der Waals surface area (Å²) in [5.41, 5.74) is -2.71. The van der Waals surface area contributed by atoms with Crippen LogP contribution in [0.1, 0.15) is 0 Å². The Bertz CT molecular complexity index is 30.5. The average Bonchev–Trinajstić information content (AvgIpc) is 1.36. The van der Waals surface area contributed by atoms with Crippen molar-refractivity contribution in [3.8, 4) is 0 Å². The number of hydrogen-bond donors (Lipinski definition) is 2. The molecule has 0 radical (unpaired) electrons. The van der Waals surface area contributed by atoms with Gasteiger partial charge in [-0.3, -0.25) is 0 Å².